The van der Waals surface area contributed by atoms with Gasteiger partial charge < -0.3 is 10.2 Å². The average molecular weight is 446 g/mol. The second-order valence-corrected chi connectivity index (χ2v) is 9.11. The molecule has 0 saturated carbocycles. The Hall–Kier alpha value is -2.54. The van der Waals surface area contributed by atoms with Gasteiger partial charge in [-0.1, -0.05) is 30.3 Å². The number of alkyl halides is 3. The fourth-order valence-electron chi connectivity index (χ4n) is 4.89. The number of nitrogens with zero attached hydrogens (tertiary/aromatic N) is 2. The second-order valence-electron chi connectivity index (χ2n) is 9.11. The fraction of sp³-hybridized carbons (Fsp3) is 0.480. The molecule has 4 rings (SSSR count). The molecule has 0 spiro atoms. The average Bonchev–Trinajstić information content (AvgIpc) is 2.76. The zero-order valence-corrected chi connectivity index (χ0v) is 18.5. The minimum absolute atomic E-state index is 0.0170. The monoisotopic (exact) mass is 445 g/mol. The Labute approximate surface area is 187 Å². The molecule has 1 N–H and O–H groups in total. The molecule has 0 aliphatic carbocycles. The third kappa shape index (κ3) is 4.93. The predicted molar refractivity (Wildman–Crippen MR) is 120 cm³/mol. The molecular weight excluding hydrogens is 415 g/mol. The number of amides is 1. The van der Waals surface area contributed by atoms with E-state index in [9.17, 15) is 18.0 Å². The van der Waals surface area contributed by atoms with Crippen molar-refractivity contribution >= 4 is 11.6 Å². The second kappa shape index (κ2) is 9.14. The molecular formula is C25H30F3N3O. The molecule has 32 heavy (non-hydrogen) atoms. The number of hydrogen-bond acceptors (Lipinski definition) is 3. The standard InChI is InChI=1S/C25H30F3N3O/c1-17(2)29-24(32)21-15-19-14-20(25(26,27)28)8-9-22(19)31-13-12-30(16-23(21)31)11-10-18-6-4-3-5-7-18/h3-9,14,17,21,23H,10-13,15-16H2,1-2H3,(H,29,32). The number of rotatable bonds is 5. The highest BCUT2D eigenvalue weighted by molar-refractivity contribution is 5.82. The molecule has 1 saturated heterocycles. The summed E-state index contributed by atoms with van der Waals surface area (Å²) in [5.41, 5.74) is 2.06. The Morgan fingerprint density at radius 1 is 1.12 bits per heavy atom. The molecule has 2 aromatic carbocycles. The van der Waals surface area contributed by atoms with Crippen LogP contribution in [0.25, 0.3) is 0 Å². The van der Waals surface area contributed by atoms with E-state index in [1.165, 1.54) is 11.6 Å². The number of halogens is 3. The molecule has 2 atom stereocenters. The van der Waals surface area contributed by atoms with Crippen LogP contribution in [0.1, 0.15) is 30.5 Å². The molecule has 0 radical (unpaired) electrons. The van der Waals surface area contributed by atoms with Gasteiger partial charge in [0.2, 0.25) is 5.91 Å². The van der Waals surface area contributed by atoms with Crippen LogP contribution in [-0.4, -0.2) is 49.1 Å². The van der Waals surface area contributed by atoms with Crippen molar-refractivity contribution in [2.75, 3.05) is 31.1 Å². The smallest absolute Gasteiger partial charge is 0.365 e. The Kier molecular flexibility index (Phi) is 6.47. The first-order valence-electron chi connectivity index (χ1n) is 11.3. The lowest BCUT2D eigenvalue weighted by Crippen LogP contribution is -2.61. The maximum Gasteiger partial charge on any atom is 0.416 e. The van der Waals surface area contributed by atoms with Gasteiger partial charge in [-0.15, -0.1) is 0 Å². The summed E-state index contributed by atoms with van der Waals surface area (Å²) in [6, 6.07) is 14.2. The van der Waals surface area contributed by atoms with Gasteiger partial charge in [-0.3, -0.25) is 9.69 Å². The summed E-state index contributed by atoms with van der Waals surface area (Å²) >= 11 is 0. The normalized spacial score (nSPS) is 21.2. The fourth-order valence-corrected chi connectivity index (χ4v) is 4.89. The molecule has 2 unspecified atom stereocenters. The van der Waals surface area contributed by atoms with Crippen molar-refractivity contribution in [1.82, 2.24) is 10.2 Å². The summed E-state index contributed by atoms with van der Waals surface area (Å²) in [7, 11) is 0. The van der Waals surface area contributed by atoms with E-state index in [0.29, 0.717) is 18.5 Å². The Balaban J connectivity index is 1.57. The number of piperazine rings is 1. The van der Waals surface area contributed by atoms with Crippen LogP contribution >= 0.6 is 0 Å². The number of anilines is 1. The van der Waals surface area contributed by atoms with E-state index in [1.807, 2.05) is 32.0 Å². The molecule has 4 nitrogen and oxygen atoms in total. The van der Waals surface area contributed by atoms with Crippen molar-refractivity contribution < 1.29 is 18.0 Å². The Morgan fingerprint density at radius 3 is 2.56 bits per heavy atom. The summed E-state index contributed by atoms with van der Waals surface area (Å²) in [6.07, 6.45) is -3.13. The highest BCUT2D eigenvalue weighted by Gasteiger charge is 2.42. The maximum atomic E-state index is 13.3. The minimum atomic E-state index is -4.39. The molecule has 2 aliphatic heterocycles. The van der Waals surface area contributed by atoms with E-state index in [0.717, 1.165) is 37.8 Å². The molecule has 0 aromatic heterocycles. The third-order valence-corrected chi connectivity index (χ3v) is 6.45. The first-order chi connectivity index (χ1) is 15.2. The molecule has 2 aliphatic rings. The maximum absolute atomic E-state index is 13.3. The van der Waals surface area contributed by atoms with E-state index in [1.54, 1.807) is 6.07 Å². The van der Waals surface area contributed by atoms with E-state index in [2.05, 4.69) is 27.2 Å². The number of nitrogens with one attached hydrogen (secondary N) is 1. The largest absolute Gasteiger partial charge is 0.416 e. The van der Waals surface area contributed by atoms with Gasteiger partial charge in [0.15, 0.2) is 0 Å². The lowest BCUT2D eigenvalue weighted by Gasteiger charge is -2.49. The van der Waals surface area contributed by atoms with Crippen LogP contribution in [-0.2, 0) is 23.8 Å². The van der Waals surface area contributed by atoms with Crippen molar-refractivity contribution in [2.24, 2.45) is 5.92 Å². The van der Waals surface area contributed by atoms with Crippen LogP contribution < -0.4 is 10.2 Å². The number of fused-ring (bicyclic) bond motifs is 3. The lowest BCUT2D eigenvalue weighted by atomic mass is 9.82. The molecule has 2 aromatic rings. The molecule has 7 heteroatoms. The van der Waals surface area contributed by atoms with Crippen molar-refractivity contribution in [2.45, 2.75) is 44.9 Å². The van der Waals surface area contributed by atoms with Crippen molar-refractivity contribution in [3.05, 3.63) is 65.2 Å². The van der Waals surface area contributed by atoms with Crippen LogP contribution in [0.4, 0.5) is 18.9 Å². The SMILES string of the molecule is CC(C)NC(=O)C1Cc2cc(C(F)(F)F)ccc2N2CCN(CCc3ccccc3)CC12. The van der Waals surface area contributed by atoms with E-state index >= 15 is 0 Å². The van der Waals surface area contributed by atoms with Gasteiger partial charge in [0, 0.05) is 37.9 Å². The zero-order valence-electron chi connectivity index (χ0n) is 18.5. The highest BCUT2D eigenvalue weighted by Crippen LogP contribution is 2.39. The van der Waals surface area contributed by atoms with Crippen molar-refractivity contribution in [3.8, 4) is 0 Å². The van der Waals surface area contributed by atoms with Gasteiger partial charge >= 0.3 is 6.18 Å². The van der Waals surface area contributed by atoms with Crippen LogP contribution in [0, 0.1) is 5.92 Å². The van der Waals surface area contributed by atoms with Gasteiger partial charge in [0.05, 0.1) is 17.5 Å². The molecule has 2 heterocycles. The summed E-state index contributed by atoms with van der Waals surface area (Å²) in [6.45, 7) is 6.95. The number of carbonyl (C=O) groups is 1. The molecule has 1 fully saturated rings. The molecule has 172 valence electrons. The van der Waals surface area contributed by atoms with E-state index < -0.39 is 11.7 Å². The summed E-state index contributed by atoms with van der Waals surface area (Å²) < 4.78 is 39.9. The van der Waals surface area contributed by atoms with Gasteiger partial charge in [-0.2, -0.15) is 13.2 Å². The van der Waals surface area contributed by atoms with Gasteiger partial charge in [-0.05, 0) is 56.0 Å². The molecule has 1 amide bonds. The van der Waals surface area contributed by atoms with Gasteiger partial charge in [-0.25, -0.2) is 0 Å². The Morgan fingerprint density at radius 2 is 1.88 bits per heavy atom. The van der Waals surface area contributed by atoms with Gasteiger partial charge in [0.1, 0.15) is 0 Å². The van der Waals surface area contributed by atoms with Crippen molar-refractivity contribution in [3.63, 3.8) is 0 Å². The van der Waals surface area contributed by atoms with E-state index in [-0.39, 0.29) is 23.9 Å². The Bertz CT molecular complexity index is 945. The summed E-state index contributed by atoms with van der Waals surface area (Å²) in [5.74, 6) is -0.462. The first-order valence-corrected chi connectivity index (χ1v) is 11.3. The minimum Gasteiger partial charge on any atom is -0.365 e. The first kappa shape index (κ1) is 22.6. The highest BCUT2D eigenvalue weighted by atomic mass is 19.4. The lowest BCUT2D eigenvalue weighted by molar-refractivity contribution is -0.137. The summed E-state index contributed by atoms with van der Waals surface area (Å²) in [5, 5.41) is 2.99. The summed E-state index contributed by atoms with van der Waals surface area (Å²) in [4.78, 5) is 17.6. The quantitative estimate of drug-likeness (QED) is 0.752. The van der Waals surface area contributed by atoms with Gasteiger partial charge in [0.25, 0.3) is 0 Å². The topological polar surface area (TPSA) is 35.6 Å². The van der Waals surface area contributed by atoms with Crippen LogP contribution in [0.3, 0.4) is 0 Å². The van der Waals surface area contributed by atoms with Crippen LogP contribution in [0.15, 0.2) is 48.5 Å². The zero-order chi connectivity index (χ0) is 22.9. The predicted octanol–water partition coefficient (Wildman–Crippen LogP) is 4.14. The number of carbonyl (C=O) groups excluding carboxylic acids is 1. The third-order valence-electron chi connectivity index (χ3n) is 6.45. The van der Waals surface area contributed by atoms with Crippen LogP contribution in [0.2, 0.25) is 0 Å². The van der Waals surface area contributed by atoms with Crippen molar-refractivity contribution in [1.29, 1.82) is 0 Å². The number of hydrogen-bond donors (Lipinski definition) is 1. The number of benzene rings is 2. The van der Waals surface area contributed by atoms with E-state index in [4.69, 9.17) is 0 Å². The van der Waals surface area contributed by atoms with Crippen LogP contribution in [0.5, 0.6) is 0 Å². The molecule has 0 bridgehead atoms.